The fourth-order valence-electron chi connectivity index (χ4n) is 2.00. The van der Waals surface area contributed by atoms with Gasteiger partial charge in [-0.15, -0.1) is 11.1 Å². The standard InChI is InChI=1S/C16H19ClOSi/c1-2-3-14-18-19(17,15-10-6-4-7-11-15)16-12-8-5-9-13-16/h4-13H,2-3,14H2,1H3. The molecule has 0 radical (unpaired) electrons. The summed E-state index contributed by atoms with van der Waals surface area (Å²) in [6.45, 7) is 2.88. The zero-order valence-corrected chi connectivity index (χ0v) is 12.9. The van der Waals surface area contributed by atoms with E-state index >= 15 is 0 Å². The van der Waals surface area contributed by atoms with Crippen LogP contribution in [0.15, 0.2) is 60.7 Å². The first-order chi connectivity index (χ1) is 9.27. The molecular weight excluding hydrogens is 272 g/mol. The van der Waals surface area contributed by atoms with E-state index in [0.29, 0.717) is 0 Å². The van der Waals surface area contributed by atoms with Crippen molar-refractivity contribution in [3.8, 4) is 0 Å². The maximum atomic E-state index is 6.94. The third-order valence-electron chi connectivity index (χ3n) is 3.09. The first-order valence-electron chi connectivity index (χ1n) is 6.71. The van der Waals surface area contributed by atoms with E-state index in [0.717, 1.165) is 29.8 Å². The second kappa shape index (κ2) is 6.90. The van der Waals surface area contributed by atoms with Gasteiger partial charge in [0.15, 0.2) is 0 Å². The molecule has 3 heteroatoms. The molecule has 1 nitrogen and oxygen atoms in total. The van der Waals surface area contributed by atoms with Gasteiger partial charge in [-0.25, -0.2) is 0 Å². The maximum Gasteiger partial charge on any atom is 0.355 e. The van der Waals surface area contributed by atoms with E-state index in [-0.39, 0.29) is 0 Å². The highest BCUT2D eigenvalue weighted by Crippen LogP contribution is 2.13. The van der Waals surface area contributed by atoms with Crippen LogP contribution in [0.2, 0.25) is 0 Å². The molecular formula is C16H19ClOSi. The van der Waals surface area contributed by atoms with Crippen LogP contribution in [0, 0.1) is 0 Å². The number of unbranched alkanes of at least 4 members (excludes halogenated alkanes) is 1. The fraction of sp³-hybridized carbons (Fsp3) is 0.250. The van der Waals surface area contributed by atoms with Crippen molar-refractivity contribution in [3.05, 3.63) is 60.7 Å². The van der Waals surface area contributed by atoms with Crippen LogP contribution in [0.3, 0.4) is 0 Å². The topological polar surface area (TPSA) is 9.23 Å². The molecule has 0 bridgehead atoms. The quantitative estimate of drug-likeness (QED) is 0.451. The molecule has 0 N–H and O–H groups in total. The molecule has 19 heavy (non-hydrogen) atoms. The number of hydrogen-bond donors (Lipinski definition) is 0. The van der Waals surface area contributed by atoms with Gasteiger partial charge in [0, 0.05) is 6.61 Å². The van der Waals surface area contributed by atoms with Crippen molar-refractivity contribution in [1.82, 2.24) is 0 Å². The van der Waals surface area contributed by atoms with E-state index in [4.69, 9.17) is 15.5 Å². The first kappa shape index (κ1) is 14.3. The predicted molar refractivity (Wildman–Crippen MR) is 84.6 cm³/mol. The van der Waals surface area contributed by atoms with Gasteiger partial charge in [-0.1, -0.05) is 74.0 Å². The molecule has 100 valence electrons. The molecule has 0 unspecified atom stereocenters. The second-order valence-electron chi connectivity index (χ2n) is 4.53. The van der Waals surface area contributed by atoms with Gasteiger partial charge in [0.1, 0.15) is 0 Å². The van der Waals surface area contributed by atoms with Crippen LogP contribution in [0.5, 0.6) is 0 Å². The molecule has 0 saturated heterocycles. The lowest BCUT2D eigenvalue weighted by Gasteiger charge is -2.25. The normalized spacial score (nSPS) is 11.5. The summed E-state index contributed by atoms with van der Waals surface area (Å²) in [5, 5.41) is 2.22. The Bertz CT molecular complexity index is 447. The smallest absolute Gasteiger partial charge is 0.355 e. The minimum atomic E-state index is -2.57. The van der Waals surface area contributed by atoms with Crippen molar-refractivity contribution in [2.24, 2.45) is 0 Å². The molecule has 0 saturated carbocycles. The van der Waals surface area contributed by atoms with Gasteiger partial charge in [-0.3, -0.25) is 0 Å². The lowest BCUT2D eigenvalue weighted by atomic mass is 10.4. The highest BCUT2D eigenvalue weighted by molar-refractivity contribution is 7.30. The van der Waals surface area contributed by atoms with Gasteiger partial charge < -0.3 is 4.43 Å². The highest BCUT2D eigenvalue weighted by atomic mass is 35.6. The minimum Gasteiger partial charge on any atom is -0.397 e. The van der Waals surface area contributed by atoms with Crippen molar-refractivity contribution in [3.63, 3.8) is 0 Å². The van der Waals surface area contributed by atoms with E-state index in [1.54, 1.807) is 0 Å². The van der Waals surface area contributed by atoms with Gasteiger partial charge in [0.05, 0.1) is 0 Å². The molecule has 0 fully saturated rings. The summed E-state index contributed by atoms with van der Waals surface area (Å²) in [7, 11) is -2.57. The number of halogens is 1. The van der Waals surface area contributed by atoms with Gasteiger partial charge in [-0.2, -0.15) is 0 Å². The van der Waals surface area contributed by atoms with Crippen molar-refractivity contribution in [2.45, 2.75) is 19.8 Å². The fourth-order valence-corrected chi connectivity index (χ4v) is 5.32. The average Bonchev–Trinajstić information content (AvgIpc) is 2.49. The van der Waals surface area contributed by atoms with Crippen LogP contribution in [0.25, 0.3) is 0 Å². The summed E-state index contributed by atoms with van der Waals surface area (Å²) in [5.74, 6) is 0. The SMILES string of the molecule is CCCCO[Si](Cl)(c1ccccc1)c1ccccc1. The number of hydrogen-bond acceptors (Lipinski definition) is 1. The van der Waals surface area contributed by atoms with Crippen molar-refractivity contribution in [1.29, 1.82) is 0 Å². The lowest BCUT2D eigenvalue weighted by Crippen LogP contribution is -2.56. The zero-order valence-electron chi connectivity index (χ0n) is 11.2. The van der Waals surface area contributed by atoms with Crippen molar-refractivity contribution < 1.29 is 4.43 Å². The Morgan fingerprint density at radius 1 is 0.895 bits per heavy atom. The lowest BCUT2D eigenvalue weighted by molar-refractivity contribution is 0.318. The molecule has 0 heterocycles. The molecule has 0 aliphatic rings. The third kappa shape index (κ3) is 3.47. The van der Waals surface area contributed by atoms with Crippen LogP contribution in [-0.2, 0) is 4.43 Å². The Morgan fingerprint density at radius 3 is 1.79 bits per heavy atom. The predicted octanol–water partition coefficient (Wildman–Crippen LogP) is 3.30. The van der Waals surface area contributed by atoms with Crippen LogP contribution >= 0.6 is 11.1 Å². The Balaban J connectivity index is 2.33. The van der Waals surface area contributed by atoms with Crippen LogP contribution in [0.4, 0.5) is 0 Å². The monoisotopic (exact) mass is 290 g/mol. The Labute approximate surface area is 121 Å². The summed E-state index contributed by atoms with van der Waals surface area (Å²) in [4.78, 5) is 0. The third-order valence-corrected chi connectivity index (χ3v) is 7.48. The van der Waals surface area contributed by atoms with Crippen molar-refractivity contribution in [2.75, 3.05) is 6.61 Å². The maximum absolute atomic E-state index is 6.94. The Kier molecular flexibility index (Phi) is 5.20. The second-order valence-corrected chi connectivity index (χ2v) is 8.76. The summed E-state index contributed by atoms with van der Waals surface area (Å²) in [6.07, 6.45) is 2.16. The van der Waals surface area contributed by atoms with Crippen LogP contribution in [0.1, 0.15) is 19.8 Å². The van der Waals surface area contributed by atoms with Gasteiger partial charge >= 0.3 is 7.63 Å². The Morgan fingerprint density at radius 2 is 1.37 bits per heavy atom. The minimum absolute atomic E-state index is 0.718. The molecule has 0 aromatic heterocycles. The van der Waals surface area contributed by atoms with Crippen molar-refractivity contribution >= 4 is 29.1 Å². The molecule has 0 spiro atoms. The van der Waals surface area contributed by atoms with Crippen LogP contribution < -0.4 is 10.4 Å². The van der Waals surface area contributed by atoms with E-state index in [2.05, 4.69) is 31.2 Å². The summed E-state index contributed by atoms with van der Waals surface area (Å²) >= 11 is 6.94. The number of benzene rings is 2. The Hall–Kier alpha value is -1.09. The highest BCUT2D eigenvalue weighted by Gasteiger charge is 2.37. The summed E-state index contributed by atoms with van der Waals surface area (Å²) in [6, 6.07) is 20.4. The average molecular weight is 291 g/mol. The van der Waals surface area contributed by atoms with E-state index < -0.39 is 7.63 Å². The summed E-state index contributed by atoms with van der Waals surface area (Å²) in [5.41, 5.74) is 0. The zero-order chi connectivity index (χ0) is 13.6. The summed E-state index contributed by atoms with van der Waals surface area (Å²) < 4.78 is 6.15. The number of rotatable bonds is 6. The molecule has 0 aliphatic heterocycles. The molecule has 2 aromatic rings. The molecule has 0 aliphatic carbocycles. The van der Waals surface area contributed by atoms with E-state index in [1.807, 2.05) is 36.4 Å². The van der Waals surface area contributed by atoms with Gasteiger partial charge in [-0.05, 0) is 16.8 Å². The van der Waals surface area contributed by atoms with Gasteiger partial charge in [0.2, 0.25) is 0 Å². The molecule has 0 atom stereocenters. The van der Waals surface area contributed by atoms with E-state index in [1.165, 1.54) is 0 Å². The van der Waals surface area contributed by atoms with Crippen LogP contribution in [-0.4, -0.2) is 14.2 Å². The van der Waals surface area contributed by atoms with Gasteiger partial charge in [0.25, 0.3) is 0 Å². The largest absolute Gasteiger partial charge is 0.397 e. The molecule has 2 aromatic carbocycles. The first-order valence-corrected chi connectivity index (χ1v) is 9.63. The van der Waals surface area contributed by atoms with E-state index in [9.17, 15) is 0 Å². The molecule has 0 amide bonds. The molecule has 2 rings (SSSR count).